The summed E-state index contributed by atoms with van der Waals surface area (Å²) in [5, 5.41) is 4.39. The highest BCUT2D eigenvalue weighted by Crippen LogP contribution is 2.10. The fourth-order valence-electron chi connectivity index (χ4n) is 2.09. The normalized spacial score (nSPS) is 10.0. The molecular formula is C18H24N2O5. The Balaban J connectivity index is 2.32. The Labute approximate surface area is 147 Å². The van der Waals surface area contributed by atoms with Gasteiger partial charge in [0.25, 0.3) is 5.91 Å². The molecule has 0 saturated heterocycles. The third-order valence-electron chi connectivity index (χ3n) is 3.33. The quantitative estimate of drug-likeness (QED) is 0.525. The molecule has 1 aromatic rings. The summed E-state index contributed by atoms with van der Waals surface area (Å²) < 4.78 is 4.74. The van der Waals surface area contributed by atoms with Gasteiger partial charge in [0, 0.05) is 18.5 Å². The van der Waals surface area contributed by atoms with Crippen LogP contribution in [-0.4, -0.2) is 36.8 Å². The van der Waals surface area contributed by atoms with Crippen molar-refractivity contribution < 1.29 is 23.9 Å². The van der Waals surface area contributed by atoms with Gasteiger partial charge in [0.15, 0.2) is 12.4 Å². The number of hydrogen-bond donors (Lipinski definition) is 2. The molecule has 0 aliphatic carbocycles. The number of benzene rings is 1. The van der Waals surface area contributed by atoms with Crippen molar-refractivity contribution in [2.45, 2.75) is 39.5 Å². The van der Waals surface area contributed by atoms with Crippen LogP contribution >= 0.6 is 0 Å². The second-order valence-corrected chi connectivity index (χ2v) is 5.44. The Hall–Kier alpha value is -2.70. The van der Waals surface area contributed by atoms with Crippen molar-refractivity contribution in [2.24, 2.45) is 0 Å². The van der Waals surface area contributed by atoms with Gasteiger partial charge in [-0.3, -0.25) is 19.7 Å². The lowest BCUT2D eigenvalue weighted by Gasteiger charge is -2.06. The van der Waals surface area contributed by atoms with Crippen LogP contribution in [0.2, 0.25) is 0 Å². The minimum atomic E-state index is -0.725. The van der Waals surface area contributed by atoms with Crippen molar-refractivity contribution in [3.63, 3.8) is 0 Å². The zero-order valence-corrected chi connectivity index (χ0v) is 14.6. The highest BCUT2D eigenvalue weighted by Gasteiger charge is 2.13. The molecule has 2 N–H and O–H groups in total. The maximum absolute atomic E-state index is 12.0. The summed E-state index contributed by atoms with van der Waals surface area (Å²) in [6, 6.07) is 6.66. The lowest BCUT2D eigenvalue weighted by atomic mass is 10.0. The number of esters is 1. The Morgan fingerprint density at radius 2 is 1.68 bits per heavy atom. The first-order valence-electron chi connectivity index (χ1n) is 8.31. The molecule has 136 valence electrons. The summed E-state index contributed by atoms with van der Waals surface area (Å²) in [4.78, 5) is 46.1. The largest absolute Gasteiger partial charge is 0.456 e. The number of amides is 3. The standard InChI is InChI=1S/C18H24N2O5/c1-3-5-13-6-8-14(9-7-13)15(21)10-11-17(23)25-12-16(22)20-18(24)19-4-2/h6-9H,3-5,10-12H2,1-2H3,(H2,19,20,22,24). The third kappa shape index (κ3) is 8.10. The van der Waals surface area contributed by atoms with E-state index in [0.717, 1.165) is 18.4 Å². The van der Waals surface area contributed by atoms with Crippen LogP contribution in [0, 0.1) is 0 Å². The summed E-state index contributed by atoms with van der Waals surface area (Å²) in [5.74, 6) is -1.55. The van der Waals surface area contributed by atoms with Crippen molar-refractivity contribution in [3.8, 4) is 0 Å². The van der Waals surface area contributed by atoms with Gasteiger partial charge >= 0.3 is 12.0 Å². The first kappa shape index (κ1) is 20.3. The molecule has 3 amide bonds. The van der Waals surface area contributed by atoms with Crippen molar-refractivity contribution >= 4 is 23.7 Å². The molecule has 0 unspecified atom stereocenters. The molecule has 25 heavy (non-hydrogen) atoms. The molecule has 1 aromatic carbocycles. The third-order valence-corrected chi connectivity index (χ3v) is 3.33. The fourth-order valence-corrected chi connectivity index (χ4v) is 2.09. The zero-order valence-electron chi connectivity index (χ0n) is 14.6. The van der Waals surface area contributed by atoms with Crippen LogP contribution in [0.25, 0.3) is 0 Å². The molecule has 0 aliphatic heterocycles. The molecule has 0 saturated carbocycles. The topological polar surface area (TPSA) is 102 Å². The second-order valence-electron chi connectivity index (χ2n) is 5.44. The lowest BCUT2D eigenvalue weighted by Crippen LogP contribution is -2.41. The highest BCUT2D eigenvalue weighted by atomic mass is 16.5. The minimum absolute atomic E-state index is 0.00387. The van der Waals surface area contributed by atoms with Crippen LogP contribution < -0.4 is 10.6 Å². The SMILES string of the molecule is CCCc1ccc(C(=O)CCC(=O)OCC(=O)NC(=O)NCC)cc1. The molecule has 0 fully saturated rings. The van der Waals surface area contributed by atoms with E-state index >= 15 is 0 Å². The average molecular weight is 348 g/mol. The molecule has 0 spiro atoms. The second kappa shape index (κ2) is 11.0. The van der Waals surface area contributed by atoms with Gasteiger partial charge in [-0.05, 0) is 18.9 Å². The Morgan fingerprint density at radius 3 is 2.28 bits per heavy atom. The van der Waals surface area contributed by atoms with Crippen LogP contribution in [0.4, 0.5) is 4.79 Å². The van der Waals surface area contributed by atoms with E-state index in [1.54, 1.807) is 19.1 Å². The van der Waals surface area contributed by atoms with Crippen LogP contribution in [0.3, 0.4) is 0 Å². The van der Waals surface area contributed by atoms with Gasteiger partial charge in [0.2, 0.25) is 0 Å². The average Bonchev–Trinajstić information content (AvgIpc) is 2.59. The predicted molar refractivity (Wildman–Crippen MR) is 92.2 cm³/mol. The zero-order chi connectivity index (χ0) is 18.7. The van der Waals surface area contributed by atoms with Gasteiger partial charge in [-0.15, -0.1) is 0 Å². The van der Waals surface area contributed by atoms with Crippen LogP contribution in [0.1, 0.15) is 49.0 Å². The highest BCUT2D eigenvalue weighted by molar-refractivity contribution is 5.98. The predicted octanol–water partition coefficient (Wildman–Crippen LogP) is 1.99. The van der Waals surface area contributed by atoms with Crippen molar-refractivity contribution in [1.82, 2.24) is 10.6 Å². The number of aryl methyl sites for hydroxylation is 1. The summed E-state index contributed by atoms with van der Waals surface area (Å²) in [6.07, 6.45) is 1.87. The number of rotatable bonds is 9. The monoisotopic (exact) mass is 348 g/mol. The fraction of sp³-hybridized carbons (Fsp3) is 0.444. The van der Waals surface area contributed by atoms with Gasteiger partial charge in [0.05, 0.1) is 6.42 Å². The van der Waals surface area contributed by atoms with E-state index in [2.05, 4.69) is 12.2 Å². The van der Waals surface area contributed by atoms with E-state index in [-0.39, 0.29) is 18.6 Å². The summed E-state index contributed by atoms with van der Waals surface area (Å²) in [7, 11) is 0. The van der Waals surface area contributed by atoms with Gasteiger partial charge < -0.3 is 10.1 Å². The van der Waals surface area contributed by atoms with E-state index in [9.17, 15) is 19.2 Å². The van der Waals surface area contributed by atoms with E-state index in [1.807, 2.05) is 17.4 Å². The summed E-state index contributed by atoms with van der Waals surface area (Å²) in [6.45, 7) is 3.61. The van der Waals surface area contributed by atoms with Gasteiger partial charge in [-0.2, -0.15) is 0 Å². The maximum Gasteiger partial charge on any atom is 0.321 e. The summed E-state index contributed by atoms with van der Waals surface area (Å²) >= 11 is 0. The molecule has 7 heteroatoms. The first-order chi connectivity index (χ1) is 12.0. The number of carbonyl (C=O) groups is 4. The lowest BCUT2D eigenvalue weighted by molar-refractivity contribution is -0.148. The number of urea groups is 1. The van der Waals surface area contributed by atoms with Gasteiger partial charge in [0.1, 0.15) is 0 Å². The Kier molecular flexibility index (Phi) is 8.92. The van der Waals surface area contributed by atoms with Crippen molar-refractivity contribution in [1.29, 1.82) is 0 Å². The molecule has 1 rings (SSSR count). The number of hydrogen-bond acceptors (Lipinski definition) is 5. The number of imide groups is 1. The molecule has 0 aliphatic rings. The Bertz CT molecular complexity index is 610. The molecule has 0 aromatic heterocycles. The minimum Gasteiger partial charge on any atom is -0.456 e. The molecule has 0 bridgehead atoms. The molecule has 7 nitrogen and oxygen atoms in total. The van der Waals surface area contributed by atoms with Crippen LogP contribution in [0.15, 0.2) is 24.3 Å². The van der Waals surface area contributed by atoms with E-state index in [0.29, 0.717) is 12.1 Å². The first-order valence-corrected chi connectivity index (χ1v) is 8.31. The van der Waals surface area contributed by atoms with Crippen LogP contribution in [-0.2, 0) is 20.7 Å². The maximum atomic E-state index is 12.0. The smallest absolute Gasteiger partial charge is 0.321 e. The summed E-state index contributed by atoms with van der Waals surface area (Å²) in [5.41, 5.74) is 1.71. The van der Waals surface area contributed by atoms with Gasteiger partial charge in [-0.25, -0.2) is 4.79 Å². The molecular weight excluding hydrogens is 324 g/mol. The molecule has 0 atom stereocenters. The van der Waals surface area contributed by atoms with Crippen LogP contribution in [0.5, 0.6) is 0 Å². The van der Waals surface area contributed by atoms with Crippen molar-refractivity contribution in [3.05, 3.63) is 35.4 Å². The van der Waals surface area contributed by atoms with E-state index < -0.39 is 24.5 Å². The number of nitrogens with one attached hydrogen (secondary N) is 2. The van der Waals surface area contributed by atoms with Gasteiger partial charge in [-0.1, -0.05) is 37.6 Å². The molecule has 0 radical (unpaired) electrons. The number of Topliss-reactive ketones (excluding diaryl/α,β-unsaturated/α-hetero) is 1. The molecule has 0 heterocycles. The number of ether oxygens (including phenoxy) is 1. The number of ketones is 1. The van der Waals surface area contributed by atoms with E-state index in [4.69, 9.17) is 4.74 Å². The van der Waals surface area contributed by atoms with E-state index in [1.165, 1.54) is 0 Å². The van der Waals surface area contributed by atoms with Crippen molar-refractivity contribution in [2.75, 3.05) is 13.2 Å². The Morgan fingerprint density at radius 1 is 1.00 bits per heavy atom. The number of carbonyl (C=O) groups excluding carboxylic acids is 4.